The van der Waals surface area contributed by atoms with Crippen LogP contribution in [0.5, 0.6) is 0 Å². The molecule has 0 aliphatic carbocycles. The van der Waals surface area contributed by atoms with Crippen LogP contribution in [0.1, 0.15) is 33.6 Å². The van der Waals surface area contributed by atoms with Crippen LogP contribution in [0.25, 0.3) is 0 Å². The molecule has 3 N–H and O–H groups in total. The predicted molar refractivity (Wildman–Crippen MR) is 70.2 cm³/mol. The summed E-state index contributed by atoms with van der Waals surface area (Å²) in [4.78, 5) is 8.48. The van der Waals surface area contributed by atoms with E-state index >= 15 is 0 Å². The highest BCUT2D eigenvalue weighted by Gasteiger charge is 2.07. The number of nitrogens with one attached hydrogen (secondary N) is 2. The van der Waals surface area contributed by atoms with E-state index in [1.165, 1.54) is 0 Å². The summed E-state index contributed by atoms with van der Waals surface area (Å²) in [7, 11) is 0. The van der Waals surface area contributed by atoms with Gasteiger partial charge in [-0.3, -0.25) is 0 Å². The first-order valence-electron chi connectivity index (χ1n) is 6.13. The standard InChI is InChI=1S/C12H22N4O/c1-4-6-13-12-14-7-5-11(16-12)15-9(2)8-10(3)17/h5,7,9-10,17H,4,6,8H2,1-3H3,(H2,13,14,15,16). The van der Waals surface area contributed by atoms with E-state index in [-0.39, 0.29) is 12.1 Å². The molecule has 5 heteroatoms. The minimum Gasteiger partial charge on any atom is -0.393 e. The molecule has 0 saturated heterocycles. The molecule has 2 atom stereocenters. The molecule has 96 valence electrons. The van der Waals surface area contributed by atoms with E-state index in [4.69, 9.17) is 0 Å². The molecule has 0 spiro atoms. The van der Waals surface area contributed by atoms with Crippen molar-refractivity contribution in [3.8, 4) is 0 Å². The number of anilines is 2. The van der Waals surface area contributed by atoms with E-state index in [0.29, 0.717) is 12.4 Å². The molecule has 0 radical (unpaired) electrons. The molecule has 5 nitrogen and oxygen atoms in total. The first kappa shape index (κ1) is 13.7. The van der Waals surface area contributed by atoms with Crippen molar-refractivity contribution < 1.29 is 5.11 Å². The molecule has 1 aromatic heterocycles. The van der Waals surface area contributed by atoms with Gasteiger partial charge in [-0.1, -0.05) is 6.92 Å². The highest BCUT2D eigenvalue weighted by molar-refractivity contribution is 5.40. The van der Waals surface area contributed by atoms with Crippen LogP contribution in [0.3, 0.4) is 0 Å². The summed E-state index contributed by atoms with van der Waals surface area (Å²) in [5.74, 6) is 1.42. The van der Waals surface area contributed by atoms with Gasteiger partial charge in [-0.2, -0.15) is 4.98 Å². The Bertz CT molecular complexity index is 330. The molecular formula is C12H22N4O. The zero-order chi connectivity index (χ0) is 12.7. The third-order valence-electron chi connectivity index (χ3n) is 2.28. The van der Waals surface area contributed by atoms with Crippen molar-refractivity contribution in [2.24, 2.45) is 0 Å². The molecule has 0 amide bonds. The van der Waals surface area contributed by atoms with Crippen molar-refractivity contribution in [2.75, 3.05) is 17.2 Å². The molecule has 0 fully saturated rings. The fourth-order valence-electron chi connectivity index (χ4n) is 1.58. The molecule has 0 bridgehead atoms. The van der Waals surface area contributed by atoms with Gasteiger partial charge in [0.25, 0.3) is 0 Å². The Hall–Kier alpha value is -1.36. The molecule has 0 aliphatic heterocycles. The van der Waals surface area contributed by atoms with Crippen molar-refractivity contribution in [3.05, 3.63) is 12.3 Å². The van der Waals surface area contributed by atoms with Gasteiger partial charge in [0.2, 0.25) is 5.95 Å². The number of aromatic nitrogens is 2. The summed E-state index contributed by atoms with van der Waals surface area (Å²) in [5, 5.41) is 15.7. The van der Waals surface area contributed by atoms with Crippen molar-refractivity contribution in [1.82, 2.24) is 9.97 Å². The van der Waals surface area contributed by atoms with Crippen LogP contribution in [-0.2, 0) is 0 Å². The van der Waals surface area contributed by atoms with Gasteiger partial charge >= 0.3 is 0 Å². The number of nitrogens with zero attached hydrogens (tertiary/aromatic N) is 2. The van der Waals surface area contributed by atoms with Crippen LogP contribution < -0.4 is 10.6 Å². The summed E-state index contributed by atoms with van der Waals surface area (Å²) in [5.41, 5.74) is 0. The topological polar surface area (TPSA) is 70.1 Å². The lowest BCUT2D eigenvalue weighted by Crippen LogP contribution is -2.21. The Balaban J connectivity index is 2.52. The molecule has 1 rings (SSSR count). The maximum absolute atomic E-state index is 9.29. The minimum atomic E-state index is -0.308. The average molecular weight is 238 g/mol. The SMILES string of the molecule is CCCNc1nccc(NC(C)CC(C)O)n1. The molecule has 1 aromatic rings. The van der Waals surface area contributed by atoms with Gasteiger partial charge in [0.1, 0.15) is 5.82 Å². The summed E-state index contributed by atoms with van der Waals surface area (Å²) in [6.07, 6.45) is 3.15. The van der Waals surface area contributed by atoms with Gasteiger partial charge in [0.15, 0.2) is 0 Å². The third kappa shape index (κ3) is 5.49. The second kappa shape index (κ2) is 7.06. The lowest BCUT2D eigenvalue weighted by Gasteiger charge is -2.16. The zero-order valence-corrected chi connectivity index (χ0v) is 10.8. The number of aliphatic hydroxyl groups excluding tert-OH is 1. The molecule has 0 aliphatic rings. The zero-order valence-electron chi connectivity index (χ0n) is 10.8. The van der Waals surface area contributed by atoms with Gasteiger partial charge < -0.3 is 15.7 Å². The first-order chi connectivity index (χ1) is 8.11. The summed E-state index contributed by atoms with van der Waals surface area (Å²) < 4.78 is 0. The lowest BCUT2D eigenvalue weighted by molar-refractivity contribution is 0.179. The van der Waals surface area contributed by atoms with E-state index in [1.54, 1.807) is 13.1 Å². The smallest absolute Gasteiger partial charge is 0.224 e. The van der Waals surface area contributed by atoms with Crippen molar-refractivity contribution in [1.29, 1.82) is 0 Å². The molecule has 2 unspecified atom stereocenters. The summed E-state index contributed by atoms with van der Waals surface area (Å²) in [6.45, 7) is 6.77. The van der Waals surface area contributed by atoms with Gasteiger partial charge in [-0.05, 0) is 32.8 Å². The molecule has 1 heterocycles. The first-order valence-corrected chi connectivity index (χ1v) is 6.13. The minimum absolute atomic E-state index is 0.184. The third-order valence-corrected chi connectivity index (χ3v) is 2.28. The Labute approximate surface area is 103 Å². The van der Waals surface area contributed by atoms with Crippen molar-refractivity contribution in [3.63, 3.8) is 0 Å². The number of hydrogen-bond donors (Lipinski definition) is 3. The fourth-order valence-corrected chi connectivity index (χ4v) is 1.58. The average Bonchev–Trinajstić information content (AvgIpc) is 2.25. The Morgan fingerprint density at radius 1 is 1.41 bits per heavy atom. The van der Waals surface area contributed by atoms with Gasteiger partial charge in [0.05, 0.1) is 6.10 Å². The van der Waals surface area contributed by atoms with Crippen molar-refractivity contribution >= 4 is 11.8 Å². The number of aliphatic hydroxyl groups is 1. The quantitative estimate of drug-likeness (QED) is 0.676. The van der Waals surface area contributed by atoms with Crippen LogP contribution >= 0.6 is 0 Å². The highest BCUT2D eigenvalue weighted by atomic mass is 16.3. The highest BCUT2D eigenvalue weighted by Crippen LogP contribution is 2.09. The van der Waals surface area contributed by atoms with E-state index in [1.807, 2.05) is 13.0 Å². The monoisotopic (exact) mass is 238 g/mol. The van der Waals surface area contributed by atoms with Crippen LogP contribution in [0.4, 0.5) is 11.8 Å². The second-order valence-electron chi connectivity index (χ2n) is 4.32. The van der Waals surface area contributed by atoms with Gasteiger partial charge in [0, 0.05) is 18.8 Å². The van der Waals surface area contributed by atoms with E-state index < -0.39 is 0 Å². The molecular weight excluding hydrogens is 216 g/mol. The summed E-state index contributed by atoms with van der Waals surface area (Å²) in [6, 6.07) is 2.01. The van der Waals surface area contributed by atoms with Crippen LogP contribution in [0.15, 0.2) is 12.3 Å². The normalized spacial score (nSPS) is 14.1. The Morgan fingerprint density at radius 3 is 2.82 bits per heavy atom. The maximum atomic E-state index is 9.29. The van der Waals surface area contributed by atoms with Gasteiger partial charge in [-0.15, -0.1) is 0 Å². The number of hydrogen-bond acceptors (Lipinski definition) is 5. The molecule has 17 heavy (non-hydrogen) atoms. The van der Waals surface area contributed by atoms with Crippen LogP contribution in [-0.4, -0.2) is 33.8 Å². The maximum Gasteiger partial charge on any atom is 0.224 e. The van der Waals surface area contributed by atoms with Crippen LogP contribution in [0, 0.1) is 0 Å². The molecule has 0 aromatic carbocycles. The van der Waals surface area contributed by atoms with Crippen molar-refractivity contribution in [2.45, 2.75) is 45.8 Å². The molecule has 0 saturated carbocycles. The van der Waals surface area contributed by atoms with E-state index in [2.05, 4.69) is 27.5 Å². The number of rotatable bonds is 7. The largest absolute Gasteiger partial charge is 0.393 e. The Kier molecular flexibility index (Phi) is 5.69. The Morgan fingerprint density at radius 2 is 2.18 bits per heavy atom. The second-order valence-corrected chi connectivity index (χ2v) is 4.32. The predicted octanol–water partition coefficient (Wildman–Crippen LogP) is 1.87. The van der Waals surface area contributed by atoms with E-state index in [0.717, 1.165) is 18.8 Å². The lowest BCUT2D eigenvalue weighted by atomic mass is 10.1. The van der Waals surface area contributed by atoms with E-state index in [9.17, 15) is 5.11 Å². The summed E-state index contributed by atoms with van der Waals surface area (Å²) >= 11 is 0. The van der Waals surface area contributed by atoms with Gasteiger partial charge in [-0.25, -0.2) is 4.98 Å². The fraction of sp³-hybridized carbons (Fsp3) is 0.667. The van der Waals surface area contributed by atoms with Crippen LogP contribution in [0.2, 0.25) is 0 Å².